The third-order valence-corrected chi connectivity index (χ3v) is 4.57. The van der Waals surface area contributed by atoms with Gasteiger partial charge < -0.3 is 5.32 Å². The fourth-order valence-corrected chi connectivity index (χ4v) is 3.57. The Morgan fingerprint density at radius 1 is 1.24 bits per heavy atom. The molecule has 1 aliphatic rings. The molecule has 0 aromatic heterocycles. The molecule has 2 aromatic rings. The number of hydrogen-bond acceptors (Lipinski definition) is 2. The highest BCUT2D eigenvalue weighted by atomic mass is 19.4. The topological polar surface area (TPSA) is 52.9 Å². The molecule has 0 saturated heterocycles. The molecule has 25 heavy (non-hydrogen) atoms. The first kappa shape index (κ1) is 17.0. The quantitative estimate of drug-likeness (QED) is 0.903. The molecule has 0 unspecified atom stereocenters. The molecular formula is C19H15F3N2O. The molecule has 0 bridgehead atoms. The summed E-state index contributed by atoms with van der Waals surface area (Å²) in [5, 5.41) is 11.3. The zero-order chi connectivity index (χ0) is 18.2. The van der Waals surface area contributed by atoms with Crippen molar-refractivity contribution in [2.45, 2.75) is 31.0 Å². The highest BCUT2D eigenvalue weighted by Crippen LogP contribution is 2.45. The Bertz CT molecular complexity index is 855. The molecule has 3 rings (SSSR count). The summed E-state index contributed by atoms with van der Waals surface area (Å²) < 4.78 is 38.4. The standard InChI is InChI=1S/C19H15F3N2O/c1-18(24-17(25)19(20,21)22)10-14-8-7-12(11-23)9-15(14)16(18)13-5-3-2-4-6-13/h2-9,16H,10H2,1H3,(H,24,25)/t16-,18+/m1/s1. The van der Waals surface area contributed by atoms with Gasteiger partial charge >= 0.3 is 12.1 Å². The lowest BCUT2D eigenvalue weighted by Crippen LogP contribution is -2.53. The first-order chi connectivity index (χ1) is 11.7. The van der Waals surface area contributed by atoms with Crippen molar-refractivity contribution in [3.63, 3.8) is 0 Å². The van der Waals surface area contributed by atoms with E-state index in [0.29, 0.717) is 5.56 Å². The highest BCUT2D eigenvalue weighted by Gasteiger charge is 2.49. The second kappa shape index (κ2) is 5.92. The van der Waals surface area contributed by atoms with Crippen LogP contribution < -0.4 is 5.32 Å². The van der Waals surface area contributed by atoms with E-state index in [1.165, 1.54) is 0 Å². The number of carbonyl (C=O) groups excluding carboxylic acids is 1. The number of nitriles is 1. The van der Waals surface area contributed by atoms with Gasteiger partial charge in [0.25, 0.3) is 0 Å². The number of carbonyl (C=O) groups is 1. The largest absolute Gasteiger partial charge is 0.471 e. The number of nitrogens with one attached hydrogen (secondary N) is 1. The first-order valence-electron chi connectivity index (χ1n) is 7.72. The van der Waals surface area contributed by atoms with Crippen LogP contribution in [-0.2, 0) is 11.2 Å². The number of halogens is 3. The third-order valence-electron chi connectivity index (χ3n) is 4.57. The van der Waals surface area contributed by atoms with E-state index in [1.54, 1.807) is 37.3 Å². The Morgan fingerprint density at radius 3 is 2.52 bits per heavy atom. The van der Waals surface area contributed by atoms with Crippen LogP contribution in [0.1, 0.15) is 35.1 Å². The molecule has 1 amide bonds. The smallest absolute Gasteiger partial charge is 0.342 e. The Morgan fingerprint density at radius 2 is 1.92 bits per heavy atom. The molecule has 128 valence electrons. The van der Waals surface area contributed by atoms with Gasteiger partial charge in [-0.25, -0.2) is 0 Å². The van der Waals surface area contributed by atoms with Gasteiger partial charge in [0.15, 0.2) is 0 Å². The number of amides is 1. The van der Waals surface area contributed by atoms with Gasteiger partial charge in [-0.1, -0.05) is 36.4 Å². The number of benzene rings is 2. The first-order valence-corrected chi connectivity index (χ1v) is 7.72. The average Bonchev–Trinajstić information content (AvgIpc) is 2.85. The van der Waals surface area contributed by atoms with Crippen LogP contribution in [-0.4, -0.2) is 17.6 Å². The monoisotopic (exact) mass is 344 g/mol. The predicted octanol–water partition coefficient (Wildman–Crippen LogP) is 3.68. The van der Waals surface area contributed by atoms with Crippen molar-refractivity contribution in [2.24, 2.45) is 0 Å². The maximum Gasteiger partial charge on any atom is 0.471 e. The Hall–Kier alpha value is -2.81. The fraction of sp³-hybridized carbons (Fsp3) is 0.263. The number of rotatable bonds is 2. The number of hydrogen-bond donors (Lipinski definition) is 1. The maximum absolute atomic E-state index is 12.8. The van der Waals surface area contributed by atoms with Gasteiger partial charge in [0.2, 0.25) is 0 Å². The number of alkyl halides is 3. The van der Waals surface area contributed by atoms with Crippen LogP contribution in [0.5, 0.6) is 0 Å². The van der Waals surface area contributed by atoms with Crippen molar-refractivity contribution in [1.29, 1.82) is 5.26 Å². The van der Waals surface area contributed by atoms with E-state index in [1.807, 2.05) is 18.2 Å². The minimum absolute atomic E-state index is 0.259. The van der Waals surface area contributed by atoms with Crippen LogP contribution >= 0.6 is 0 Å². The Kier molecular flexibility index (Phi) is 4.03. The molecular weight excluding hydrogens is 329 g/mol. The van der Waals surface area contributed by atoms with Crippen LogP contribution in [0.3, 0.4) is 0 Å². The van der Waals surface area contributed by atoms with Gasteiger partial charge in [0, 0.05) is 5.92 Å². The van der Waals surface area contributed by atoms with E-state index in [0.717, 1.165) is 16.7 Å². The lowest BCUT2D eigenvalue weighted by atomic mass is 9.80. The van der Waals surface area contributed by atoms with Crippen molar-refractivity contribution in [3.8, 4) is 6.07 Å². The van der Waals surface area contributed by atoms with E-state index < -0.39 is 23.5 Å². The van der Waals surface area contributed by atoms with E-state index in [-0.39, 0.29) is 6.42 Å². The molecule has 0 heterocycles. The second-order valence-corrected chi connectivity index (χ2v) is 6.42. The zero-order valence-corrected chi connectivity index (χ0v) is 13.4. The SMILES string of the molecule is C[C@]1(NC(=O)C(F)(F)F)Cc2ccc(C#N)cc2[C@H]1c1ccccc1. The summed E-state index contributed by atoms with van der Waals surface area (Å²) in [6, 6.07) is 16.2. The van der Waals surface area contributed by atoms with E-state index in [4.69, 9.17) is 5.26 Å². The van der Waals surface area contributed by atoms with Gasteiger partial charge in [-0.3, -0.25) is 4.79 Å². The van der Waals surface area contributed by atoms with Crippen LogP contribution in [0.2, 0.25) is 0 Å². The van der Waals surface area contributed by atoms with Gasteiger partial charge in [0.1, 0.15) is 0 Å². The summed E-state index contributed by atoms with van der Waals surface area (Å²) in [4.78, 5) is 11.6. The van der Waals surface area contributed by atoms with E-state index in [2.05, 4.69) is 11.4 Å². The van der Waals surface area contributed by atoms with Crippen molar-refractivity contribution >= 4 is 5.91 Å². The summed E-state index contributed by atoms with van der Waals surface area (Å²) >= 11 is 0. The Labute approximate surface area is 143 Å². The molecule has 0 fully saturated rings. The van der Waals surface area contributed by atoms with Crippen molar-refractivity contribution in [2.75, 3.05) is 0 Å². The molecule has 1 aliphatic carbocycles. The minimum atomic E-state index is -4.95. The van der Waals surface area contributed by atoms with Gasteiger partial charge in [-0.2, -0.15) is 18.4 Å². The lowest BCUT2D eigenvalue weighted by Gasteiger charge is -2.34. The second-order valence-electron chi connectivity index (χ2n) is 6.42. The zero-order valence-electron chi connectivity index (χ0n) is 13.4. The summed E-state index contributed by atoms with van der Waals surface area (Å²) in [7, 11) is 0. The van der Waals surface area contributed by atoms with Crippen molar-refractivity contribution in [1.82, 2.24) is 5.32 Å². The minimum Gasteiger partial charge on any atom is -0.342 e. The van der Waals surface area contributed by atoms with E-state index >= 15 is 0 Å². The van der Waals surface area contributed by atoms with Crippen molar-refractivity contribution in [3.05, 3.63) is 70.8 Å². The van der Waals surface area contributed by atoms with Crippen LogP contribution in [0, 0.1) is 11.3 Å². The van der Waals surface area contributed by atoms with Crippen LogP contribution in [0.25, 0.3) is 0 Å². The molecule has 2 aromatic carbocycles. The average molecular weight is 344 g/mol. The maximum atomic E-state index is 12.8. The lowest BCUT2D eigenvalue weighted by molar-refractivity contribution is -0.175. The normalized spacial score (nSPS) is 22.1. The molecule has 0 radical (unpaired) electrons. The molecule has 0 spiro atoms. The highest BCUT2D eigenvalue weighted by molar-refractivity contribution is 5.83. The van der Waals surface area contributed by atoms with E-state index in [9.17, 15) is 18.0 Å². The van der Waals surface area contributed by atoms with Gasteiger partial charge in [-0.05, 0) is 42.2 Å². The van der Waals surface area contributed by atoms with Crippen LogP contribution in [0.4, 0.5) is 13.2 Å². The number of fused-ring (bicyclic) bond motifs is 1. The van der Waals surface area contributed by atoms with Gasteiger partial charge in [0.05, 0.1) is 17.2 Å². The predicted molar refractivity (Wildman–Crippen MR) is 85.7 cm³/mol. The summed E-state index contributed by atoms with van der Waals surface area (Å²) in [6.07, 6.45) is -4.69. The summed E-state index contributed by atoms with van der Waals surface area (Å²) in [5.74, 6) is -2.42. The van der Waals surface area contributed by atoms with Crippen LogP contribution in [0.15, 0.2) is 48.5 Å². The summed E-state index contributed by atoms with van der Waals surface area (Å²) in [6.45, 7) is 1.61. The molecule has 0 saturated carbocycles. The molecule has 1 N–H and O–H groups in total. The molecule has 0 aliphatic heterocycles. The number of nitrogens with zero attached hydrogens (tertiary/aromatic N) is 1. The third kappa shape index (κ3) is 3.10. The summed E-state index contributed by atoms with van der Waals surface area (Å²) in [5.41, 5.74) is 1.70. The van der Waals surface area contributed by atoms with Crippen molar-refractivity contribution < 1.29 is 18.0 Å². The fourth-order valence-electron chi connectivity index (χ4n) is 3.57. The molecule has 6 heteroatoms. The molecule has 2 atom stereocenters. The van der Waals surface area contributed by atoms with Gasteiger partial charge in [-0.15, -0.1) is 0 Å². The molecule has 3 nitrogen and oxygen atoms in total. The Balaban J connectivity index is 2.10.